The van der Waals surface area contributed by atoms with Crippen molar-refractivity contribution in [3.8, 4) is 0 Å². The van der Waals surface area contributed by atoms with Gasteiger partial charge in [-0.3, -0.25) is 9.69 Å². The van der Waals surface area contributed by atoms with Gasteiger partial charge in [-0.1, -0.05) is 0 Å². The van der Waals surface area contributed by atoms with Gasteiger partial charge in [-0.15, -0.1) is 0 Å². The van der Waals surface area contributed by atoms with Gasteiger partial charge >= 0.3 is 0 Å². The van der Waals surface area contributed by atoms with E-state index < -0.39 is 0 Å². The second kappa shape index (κ2) is 7.71. The minimum atomic E-state index is -0.130. The maximum absolute atomic E-state index is 12.4. The zero-order valence-electron chi connectivity index (χ0n) is 11.8. The molecule has 5 nitrogen and oxygen atoms in total. The number of aliphatic hydroxyl groups is 1. The lowest BCUT2D eigenvalue weighted by Gasteiger charge is -2.36. The summed E-state index contributed by atoms with van der Waals surface area (Å²) in [6, 6.07) is 0.172. The lowest BCUT2D eigenvalue weighted by molar-refractivity contribution is -0.141. The fourth-order valence-electron chi connectivity index (χ4n) is 2.34. The predicted octanol–water partition coefficient (Wildman–Crippen LogP) is 0.327. The maximum Gasteiger partial charge on any atom is 0.239 e. The van der Waals surface area contributed by atoms with Crippen LogP contribution < -0.4 is 0 Å². The number of nitrogens with zero attached hydrogens (tertiary/aromatic N) is 2. The van der Waals surface area contributed by atoms with Crippen LogP contribution >= 0.6 is 0 Å². The Hall–Kier alpha value is -0.650. The van der Waals surface area contributed by atoms with Gasteiger partial charge in [-0.25, -0.2) is 0 Å². The molecule has 0 saturated carbocycles. The molecule has 1 atom stereocenters. The van der Waals surface area contributed by atoms with E-state index in [-0.39, 0.29) is 18.6 Å². The van der Waals surface area contributed by atoms with Gasteiger partial charge in [0.25, 0.3) is 0 Å². The van der Waals surface area contributed by atoms with E-state index in [9.17, 15) is 4.79 Å². The van der Waals surface area contributed by atoms with Gasteiger partial charge in [0.05, 0.1) is 19.3 Å². The summed E-state index contributed by atoms with van der Waals surface area (Å²) in [6.45, 7) is 9.70. The Morgan fingerprint density at radius 2 is 1.94 bits per heavy atom. The lowest BCUT2D eigenvalue weighted by Crippen LogP contribution is -2.52. The molecule has 5 heteroatoms. The number of morpholine rings is 1. The highest BCUT2D eigenvalue weighted by Crippen LogP contribution is 2.11. The van der Waals surface area contributed by atoms with Crippen LogP contribution in [-0.2, 0) is 9.53 Å². The van der Waals surface area contributed by atoms with E-state index in [4.69, 9.17) is 9.84 Å². The van der Waals surface area contributed by atoms with Crippen molar-refractivity contribution < 1.29 is 14.6 Å². The van der Waals surface area contributed by atoms with Crippen LogP contribution in [0.1, 0.15) is 27.2 Å². The number of hydrogen-bond donors (Lipinski definition) is 1. The van der Waals surface area contributed by atoms with Gasteiger partial charge in [0.2, 0.25) is 5.91 Å². The fraction of sp³-hybridized carbons (Fsp3) is 0.923. The summed E-state index contributed by atoms with van der Waals surface area (Å²) in [4.78, 5) is 16.4. The first-order chi connectivity index (χ1) is 8.57. The van der Waals surface area contributed by atoms with Crippen LogP contribution in [0.5, 0.6) is 0 Å². The molecule has 0 aromatic rings. The van der Waals surface area contributed by atoms with E-state index in [0.29, 0.717) is 38.8 Å². The van der Waals surface area contributed by atoms with Crippen LogP contribution in [0.25, 0.3) is 0 Å². The van der Waals surface area contributed by atoms with Crippen molar-refractivity contribution >= 4 is 5.91 Å². The van der Waals surface area contributed by atoms with E-state index in [0.717, 1.165) is 6.54 Å². The van der Waals surface area contributed by atoms with E-state index >= 15 is 0 Å². The fourth-order valence-corrected chi connectivity index (χ4v) is 2.34. The molecule has 18 heavy (non-hydrogen) atoms. The SMILES string of the molecule is CC(C)N(CCCO)C(C)C(=O)N1CCOCC1. The Morgan fingerprint density at radius 3 is 2.44 bits per heavy atom. The average molecular weight is 258 g/mol. The first-order valence-electron chi connectivity index (χ1n) is 6.81. The summed E-state index contributed by atoms with van der Waals surface area (Å²) in [6.07, 6.45) is 0.707. The molecule has 0 aliphatic carbocycles. The van der Waals surface area contributed by atoms with Crippen molar-refractivity contribution in [3.05, 3.63) is 0 Å². The highest BCUT2D eigenvalue weighted by atomic mass is 16.5. The normalized spacial score (nSPS) is 18.4. The minimum Gasteiger partial charge on any atom is -0.396 e. The van der Waals surface area contributed by atoms with Gasteiger partial charge in [0.1, 0.15) is 0 Å². The van der Waals surface area contributed by atoms with E-state index in [2.05, 4.69) is 18.7 Å². The molecule has 1 fully saturated rings. The minimum absolute atomic E-state index is 0.130. The molecule has 0 aromatic carbocycles. The standard InChI is InChI=1S/C13H26N2O3/c1-11(2)15(5-4-8-16)12(3)13(17)14-6-9-18-10-7-14/h11-12,16H,4-10H2,1-3H3. The summed E-state index contributed by atoms with van der Waals surface area (Å²) in [5.74, 6) is 0.171. The molecule has 1 rings (SSSR count). The number of hydrogen-bond acceptors (Lipinski definition) is 4. The number of aliphatic hydroxyl groups excluding tert-OH is 1. The van der Waals surface area contributed by atoms with Crippen LogP contribution in [0.2, 0.25) is 0 Å². The second-order valence-corrected chi connectivity index (χ2v) is 5.02. The van der Waals surface area contributed by atoms with Crippen molar-refractivity contribution in [2.24, 2.45) is 0 Å². The predicted molar refractivity (Wildman–Crippen MR) is 70.4 cm³/mol. The third-order valence-electron chi connectivity index (χ3n) is 3.42. The quantitative estimate of drug-likeness (QED) is 0.746. The molecule has 0 radical (unpaired) electrons. The van der Waals surface area contributed by atoms with Crippen molar-refractivity contribution in [1.29, 1.82) is 0 Å². The lowest BCUT2D eigenvalue weighted by atomic mass is 10.1. The molecule has 1 N–H and O–H groups in total. The number of carbonyl (C=O) groups excluding carboxylic acids is 1. The molecular formula is C13H26N2O3. The van der Waals surface area contributed by atoms with E-state index in [1.165, 1.54) is 0 Å². The Kier molecular flexibility index (Phi) is 6.60. The Labute approximate surface area is 110 Å². The number of ether oxygens (including phenoxy) is 1. The third kappa shape index (κ3) is 4.23. The summed E-state index contributed by atoms with van der Waals surface area (Å²) in [7, 11) is 0. The summed E-state index contributed by atoms with van der Waals surface area (Å²) in [5, 5.41) is 8.93. The second-order valence-electron chi connectivity index (χ2n) is 5.02. The average Bonchev–Trinajstić information content (AvgIpc) is 2.38. The summed E-state index contributed by atoms with van der Waals surface area (Å²) >= 11 is 0. The molecule has 0 bridgehead atoms. The molecule has 1 aliphatic rings. The highest BCUT2D eigenvalue weighted by Gasteiger charge is 2.28. The smallest absolute Gasteiger partial charge is 0.239 e. The summed E-state index contributed by atoms with van der Waals surface area (Å²) < 4.78 is 5.26. The van der Waals surface area contributed by atoms with Crippen LogP contribution in [0.15, 0.2) is 0 Å². The van der Waals surface area contributed by atoms with Crippen molar-refractivity contribution in [2.75, 3.05) is 39.5 Å². The maximum atomic E-state index is 12.4. The first-order valence-corrected chi connectivity index (χ1v) is 6.81. The highest BCUT2D eigenvalue weighted by molar-refractivity contribution is 5.81. The zero-order valence-corrected chi connectivity index (χ0v) is 11.8. The molecule has 106 valence electrons. The van der Waals surface area contributed by atoms with Crippen LogP contribution in [0.3, 0.4) is 0 Å². The molecule has 0 spiro atoms. The largest absolute Gasteiger partial charge is 0.396 e. The van der Waals surface area contributed by atoms with E-state index in [1.54, 1.807) is 0 Å². The zero-order chi connectivity index (χ0) is 13.5. The first kappa shape index (κ1) is 15.4. The van der Waals surface area contributed by atoms with E-state index in [1.807, 2.05) is 11.8 Å². The van der Waals surface area contributed by atoms with Gasteiger partial charge in [0.15, 0.2) is 0 Å². The van der Waals surface area contributed by atoms with Crippen molar-refractivity contribution in [1.82, 2.24) is 9.80 Å². The van der Waals surface area contributed by atoms with Crippen LogP contribution in [0.4, 0.5) is 0 Å². The van der Waals surface area contributed by atoms with Gasteiger partial charge in [-0.05, 0) is 27.2 Å². The number of carbonyl (C=O) groups is 1. The monoisotopic (exact) mass is 258 g/mol. The molecule has 1 aliphatic heterocycles. The van der Waals surface area contributed by atoms with Crippen LogP contribution in [-0.4, -0.2) is 72.4 Å². The molecule has 0 aromatic heterocycles. The molecule has 1 unspecified atom stereocenters. The van der Waals surface area contributed by atoms with Crippen molar-refractivity contribution in [2.45, 2.75) is 39.3 Å². The Bertz CT molecular complexity index is 253. The topological polar surface area (TPSA) is 53.0 Å². The Morgan fingerprint density at radius 1 is 1.33 bits per heavy atom. The Balaban J connectivity index is 2.57. The van der Waals surface area contributed by atoms with Gasteiger partial charge in [-0.2, -0.15) is 0 Å². The summed E-state index contributed by atoms with van der Waals surface area (Å²) in [5.41, 5.74) is 0. The van der Waals surface area contributed by atoms with Gasteiger partial charge in [0, 0.05) is 32.3 Å². The number of amides is 1. The van der Waals surface area contributed by atoms with Gasteiger partial charge < -0.3 is 14.7 Å². The molecular weight excluding hydrogens is 232 g/mol. The molecule has 1 amide bonds. The molecule has 1 saturated heterocycles. The molecule has 1 heterocycles. The third-order valence-corrected chi connectivity index (χ3v) is 3.42. The van der Waals surface area contributed by atoms with Crippen molar-refractivity contribution in [3.63, 3.8) is 0 Å². The number of rotatable bonds is 6. The van der Waals surface area contributed by atoms with Crippen LogP contribution in [0, 0.1) is 0 Å².